The van der Waals surface area contributed by atoms with Gasteiger partial charge in [-0.25, -0.2) is 0 Å². The Labute approximate surface area is 113 Å². The van der Waals surface area contributed by atoms with Crippen LogP contribution < -0.4 is 5.32 Å². The van der Waals surface area contributed by atoms with Crippen molar-refractivity contribution in [2.75, 3.05) is 6.54 Å². The van der Waals surface area contributed by atoms with E-state index < -0.39 is 10.8 Å². The van der Waals surface area contributed by atoms with Gasteiger partial charge < -0.3 is 15.4 Å². The van der Waals surface area contributed by atoms with Crippen LogP contribution in [0.4, 0.5) is 5.82 Å². The quantitative estimate of drug-likeness (QED) is 0.458. The van der Waals surface area contributed by atoms with E-state index in [4.69, 9.17) is 0 Å². The van der Waals surface area contributed by atoms with Crippen LogP contribution in [0.1, 0.15) is 43.1 Å². The van der Waals surface area contributed by atoms with E-state index in [1.54, 1.807) is 0 Å². The molecule has 1 aromatic heterocycles. The molecule has 0 fully saturated rings. The van der Waals surface area contributed by atoms with Crippen molar-refractivity contribution in [1.29, 1.82) is 0 Å². The van der Waals surface area contributed by atoms with Gasteiger partial charge in [0.25, 0.3) is 5.91 Å². The Kier molecular flexibility index (Phi) is 5.76. The van der Waals surface area contributed by atoms with Crippen LogP contribution in [-0.2, 0) is 0 Å². The number of nitro groups is 1. The van der Waals surface area contributed by atoms with Crippen LogP contribution in [-0.4, -0.2) is 27.6 Å². The van der Waals surface area contributed by atoms with Crippen molar-refractivity contribution in [2.45, 2.75) is 32.6 Å². The van der Waals surface area contributed by atoms with E-state index in [0.717, 1.165) is 25.7 Å². The normalized spacial score (nSPS) is 10.3. The van der Waals surface area contributed by atoms with Gasteiger partial charge in [0.05, 0.1) is 0 Å². The van der Waals surface area contributed by atoms with Crippen molar-refractivity contribution < 1.29 is 9.72 Å². The Balaban J connectivity index is 2.49. The summed E-state index contributed by atoms with van der Waals surface area (Å²) in [6.07, 6.45) is 4.21. The molecule has 0 bridgehead atoms. The standard InChI is InChI=1S/C10H15BrN4O3/c1-2-3-4-5-6-12-10(16)8-7(11)9(14-13-8)15(17)18/h2-6H2,1H3,(H,12,16)(H,13,14). The number of nitrogens with one attached hydrogen (secondary N) is 2. The summed E-state index contributed by atoms with van der Waals surface area (Å²) in [5.41, 5.74) is 0.0113. The Bertz CT molecular complexity index is 433. The molecule has 0 spiro atoms. The molecule has 100 valence electrons. The number of hydrogen-bond donors (Lipinski definition) is 2. The van der Waals surface area contributed by atoms with Gasteiger partial charge in [0, 0.05) is 6.54 Å². The summed E-state index contributed by atoms with van der Waals surface area (Å²) in [5.74, 6) is -0.728. The molecule has 1 amide bonds. The highest BCUT2D eigenvalue weighted by Gasteiger charge is 2.24. The van der Waals surface area contributed by atoms with Gasteiger partial charge in [-0.1, -0.05) is 31.3 Å². The number of nitrogens with zero attached hydrogens (tertiary/aromatic N) is 2. The van der Waals surface area contributed by atoms with E-state index >= 15 is 0 Å². The van der Waals surface area contributed by atoms with Crippen LogP contribution in [0.15, 0.2) is 4.47 Å². The van der Waals surface area contributed by atoms with Crippen molar-refractivity contribution in [3.8, 4) is 0 Å². The van der Waals surface area contributed by atoms with Crippen molar-refractivity contribution in [1.82, 2.24) is 15.5 Å². The number of carbonyl (C=O) groups excluding carboxylic acids is 1. The fourth-order valence-electron chi connectivity index (χ4n) is 1.43. The fraction of sp³-hybridized carbons (Fsp3) is 0.600. The zero-order valence-corrected chi connectivity index (χ0v) is 11.6. The largest absolute Gasteiger partial charge is 0.358 e. The Hall–Kier alpha value is -1.44. The van der Waals surface area contributed by atoms with Crippen LogP contribution in [0.5, 0.6) is 0 Å². The summed E-state index contributed by atoms with van der Waals surface area (Å²) in [6.45, 7) is 2.66. The van der Waals surface area contributed by atoms with E-state index in [2.05, 4.69) is 38.4 Å². The van der Waals surface area contributed by atoms with Crippen LogP contribution in [0.2, 0.25) is 0 Å². The topological polar surface area (TPSA) is 101 Å². The minimum absolute atomic E-state index is 0.0113. The van der Waals surface area contributed by atoms with Crippen molar-refractivity contribution in [3.63, 3.8) is 0 Å². The smallest absolute Gasteiger partial charge is 0.357 e. The molecule has 18 heavy (non-hydrogen) atoms. The zero-order valence-electron chi connectivity index (χ0n) is 10.0. The molecule has 2 N–H and O–H groups in total. The first-order valence-electron chi connectivity index (χ1n) is 5.74. The second-order valence-corrected chi connectivity index (χ2v) is 4.60. The highest BCUT2D eigenvalue weighted by molar-refractivity contribution is 9.10. The zero-order chi connectivity index (χ0) is 13.5. The molecule has 1 heterocycles. The lowest BCUT2D eigenvalue weighted by Crippen LogP contribution is -2.25. The van der Waals surface area contributed by atoms with Gasteiger partial charge in [-0.3, -0.25) is 4.79 Å². The molecular weight excluding hydrogens is 304 g/mol. The number of amides is 1. The van der Waals surface area contributed by atoms with Crippen LogP contribution in [0.3, 0.4) is 0 Å². The highest BCUT2D eigenvalue weighted by atomic mass is 79.9. The second-order valence-electron chi connectivity index (χ2n) is 3.81. The minimum Gasteiger partial charge on any atom is -0.358 e. The summed E-state index contributed by atoms with van der Waals surface area (Å²) in [7, 11) is 0. The number of unbranched alkanes of at least 4 members (excludes halogenated alkanes) is 3. The average molecular weight is 319 g/mol. The van der Waals surface area contributed by atoms with Gasteiger partial charge in [0.2, 0.25) is 0 Å². The maximum absolute atomic E-state index is 11.7. The monoisotopic (exact) mass is 318 g/mol. The maximum atomic E-state index is 11.7. The molecule has 0 unspecified atom stereocenters. The summed E-state index contributed by atoms with van der Waals surface area (Å²) >= 11 is 2.99. The first-order valence-corrected chi connectivity index (χ1v) is 6.53. The molecule has 0 radical (unpaired) electrons. The fourth-order valence-corrected chi connectivity index (χ4v) is 1.93. The van der Waals surface area contributed by atoms with Gasteiger partial charge in [-0.2, -0.15) is 0 Å². The van der Waals surface area contributed by atoms with Crippen LogP contribution in [0, 0.1) is 10.1 Å². The molecule has 0 aromatic carbocycles. The molecule has 7 nitrogen and oxygen atoms in total. The third-order valence-corrected chi connectivity index (χ3v) is 3.15. The van der Waals surface area contributed by atoms with Gasteiger partial charge in [-0.05, 0) is 27.3 Å². The number of rotatable bonds is 7. The van der Waals surface area contributed by atoms with Gasteiger partial charge in [-0.15, -0.1) is 5.10 Å². The number of H-pyrrole nitrogens is 1. The molecule has 0 atom stereocenters. The molecular formula is C10H15BrN4O3. The lowest BCUT2D eigenvalue weighted by molar-refractivity contribution is -0.390. The molecule has 0 saturated carbocycles. The number of aromatic nitrogens is 2. The Morgan fingerprint density at radius 3 is 2.78 bits per heavy atom. The van der Waals surface area contributed by atoms with E-state index in [-0.39, 0.29) is 16.0 Å². The van der Waals surface area contributed by atoms with E-state index in [1.807, 2.05) is 0 Å². The Morgan fingerprint density at radius 1 is 1.50 bits per heavy atom. The highest BCUT2D eigenvalue weighted by Crippen LogP contribution is 2.25. The third-order valence-electron chi connectivity index (χ3n) is 2.40. The number of halogens is 1. The number of aromatic amines is 1. The molecule has 0 saturated heterocycles. The van der Waals surface area contributed by atoms with Gasteiger partial charge >= 0.3 is 5.82 Å². The Morgan fingerprint density at radius 2 is 2.22 bits per heavy atom. The predicted molar refractivity (Wildman–Crippen MR) is 69.4 cm³/mol. The lowest BCUT2D eigenvalue weighted by atomic mass is 10.2. The number of hydrogen-bond acceptors (Lipinski definition) is 4. The summed E-state index contributed by atoms with van der Waals surface area (Å²) < 4.78 is 0.0820. The first kappa shape index (κ1) is 14.6. The molecule has 1 rings (SSSR count). The van der Waals surface area contributed by atoms with Crippen LogP contribution >= 0.6 is 15.9 Å². The molecule has 0 aliphatic carbocycles. The third kappa shape index (κ3) is 3.80. The number of carbonyl (C=O) groups is 1. The maximum Gasteiger partial charge on any atom is 0.357 e. The minimum atomic E-state index is -0.630. The SMILES string of the molecule is CCCCCCNC(=O)c1n[nH]c([N+](=O)[O-])c1Br. The van der Waals surface area contributed by atoms with Crippen molar-refractivity contribution >= 4 is 27.7 Å². The average Bonchev–Trinajstić information content (AvgIpc) is 2.70. The molecule has 1 aromatic rings. The van der Waals surface area contributed by atoms with E-state index in [1.165, 1.54) is 0 Å². The molecule has 0 aliphatic heterocycles. The summed E-state index contributed by atoms with van der Waals surface area (Å²) in [4.78, 5) is 21.6. The van der Waals surface area contributed by atoms with Crippen LogP contribution in [0.25, 0.3) is 0 Å². The van der Waals surface area contributed by atoms with Gasteiger partial charge in [0.1, 0.15) is 4.47 Å². The summed E-state index contributed by atoms with van der Waals surface area (Å²) in [5, 5.41) is 19.1. The summed E-state index contributed by atoms with van der Waals surface area (Å²) in [6, 6.07) is 0. The van der Waals surface area contributed by atoms with Gasteiger partial charge in [0.15, 0.2) is 5.69 Å². The second kappa shape index (κ2) is 7.10. The van der Waals surface area contributed by atoms with Crippen molar-refractivity contribution in [3.05, 3.63) is 20.3 Å². The molecule has 0 aliphatic rings. The predicted octanol–water partition coefficient (Wildman–Crippen LogP) is 2.39. The lowest BCUT2D eigenvalue weighted by Gasteiger charge is -2.02. The first-order chi connectivity index (χ1) is 8.57. The van der Waals surface area contributed by atoms with E-state index in [9.17, 15) is 14.9 Å². The van der Waals surface area contributed by atoms with E-state index in [0.29, 0.717) is 6.54 Å². The molecule has 8 heteroatoms. The van der Waals surface area contributed by atoms with Crippen molar-refractivity contribution in [2.24, 2.45) is 0 Å².